The Bertz CT molecular complexity index is 862. The Balaban J connectivity index is 2.28. The molecular formula is C21H28N4O3. The van der Waals surface area contributed by atoms with E-state index in [1.807, 2.05) is 12.1 Å². The molecule has 28 heavy (non-hydrogen) atoms. The molecule has 0 unspecified atom stereocenters. The Hall–Kier alpha value is -3.06. The molecule has 0 saturated carbocycles. The first-order chi connectivity index (χ1) is 13.6. The third kappa shape index (κ3) is 5.72. The van der Waals surface area contributed by atoms with E-state index in [-0.39, 0.29) is 0 Å². The second-order valence-electron chi connectivity index (χ2n) is 6.12. The molecule has 0 atom stereocenters. The van der Waals surface area contributed by atoms with Gasteiger partial charge in [-0.15, -0.1) is 0 Å². The number of anilines is 2. The summed E-state index contributed by atoms with van der Waals surface area (Å²) in [5.41, 5.74) is 4.47. The monoisotopic (exact) mass is 384 g/mol. The van der Waals surface area contributed by atoms with Crippen LogP contribution in [0.25, 0.3) is 10.9 Å². The third-order valence-electron chi connectivity index (χ3n) is 4.22. The molecule has 0 saturated heterocycles. The lowest BCUT2D eigenvalue weighted by atomic mass is 10.1. The number of allylic oxidation sites excluding steroid dienone is 3. The number of benzene rings is 1. The highest BCUT2D eigenvalue weighted by Gasteiger charge is 2.07. The predicted octanol–water partition coefficient (Wildman–Crippen LogP) is 4.43. The van der Waals surface area contributed by atoms with Crippen molar-refractivity contribution in [3.05, 3.63) is 60.2 Å². The number of unbranched alkanes of at least 4 members (excludes halogenated alkanes) is 1. The number of fused-ring (bicyclic) bond motifs is 1. The minimum absolute atomic E-state index is 0.531. The number of hydrogen-bond acceptors (Lipinski definition) is 7. The summed E-state index contributed by atoms with van der Waals surface area (Å²) in [5, 5.41) is 13.7. The van der Waals surface area contributed by atoms with Crippen molar-refractivity contribution in [1.29, 1.82) is 0 Å². The summed E-state index contributed by atoms with van der Waals surface area (Å²) in [5.74, 6) is 1.82. The van der Waals surface area contributed by atoms with Crippen LogP contribution in [-0.4, -0.2) is 35.9 Å². The molecule has 0 amide bonds. The van der Waals surface area contributed by atoms with Crippen LogP contribution in [0.3, 0.4) is 0 Å². The molecule has 0 bridgehead atoms. The van der Waals surface area contributed by atoms with Gasteiger partial charge in [-0.3, -0.25) is 10.7 Å². The topological polar surface area (TPSA) is 88.5 Å². The highest BCUT2D eigenvalue weighted by atomic mass is 16.5. The van der Waals surface area contributed by atoms with Gasteiger partial charge >= 0.3 is 0 Å². The van der Waals surface area contributed by atoms with Gasteiger partial charge in [-0.05, 0) is 42.7 Å². The van der Waals surface area contributed by atoms with Crippen molar-refractivity contribution < 1.29 is 14.7 Å². The van der Waals surface area contributed by atoms with Gasteiger partial charge in [0.2, 0.25) is 5.95 Å². The van der Waals surface area contributed by atoms with Crippen LogP contribution >= 0.6 is 0 Å². The number of ether oxygens (including phenoxy) is 2. The minimum atomic E-state index is 0.531. The third-order valence-corrected chi connectivity index (χ3v) is 4.22. The summed E-state index contributed by atoms with van der Waals surface area (Å²) in [6.45, 7) is 6.66. The van der Waals surface area contributed by atoms with Crippen molar-refractivity contribution in [3.8, 4) is 0 Å². The second kappa shape index (κ2) is 10.9. The van der Waals surface area contributed by atoms with Gasteiger partial charge in [0.05, 0.1) is 25.4 Å². The molecule has 7 nitrogen and oxygen atoms in total. The highest BCUT2D eigenvalue weighted by Crippen LogP contribution is 2.24. The Labute approximate surface area is 165 Å². The van der Waals surface area contributed by atoms with Crippen molar-refractivity contribution in [2.45, 2.75) is 26.2 Å². The van der Waals surface area contributed by atoms with E-state index >= 15 is 0 Å². The Morgan fingerprint density at radius 2 is 2.04 bits per heavy atom. The maximum absolute atomic E-state index is 9.56. The maximum atomic E-state index is 9.56. The van der Waals surface area contributed by atoms with Crippen LogP contribution in [0.4, 0.5) is 11.6 Å². The lowest BCUT2D eigenvalue weighted by molar-refractivity contribution is 0.284. The largest absolute Gasteiger partial charge is 0.497 e. The first-order valence-corrected chi connectivity index (χ1v) is 9.21. The molecule has 0 aliphatic heterocycles. The molecule has 2 aromatic rings. The molecule has 0 spiro atoms. The van der Waals surface area contributed by atoms with Crippen molar-refractivity contribution >= 4 is 22.5 Å². The standard InChI is InChI=1S/C21H28N4O3/c1-5-7-10-22-21-23-14-16-11-15(20(25-26)13-19(16)24-21)8-9-18(28-4)12-17(6-2)27-3/h6,9,11-14,25-26H,2,5,7-8,10H2,1,3-4H3,(H,22,23,24)/b17-12+,18-9+. The van der Waals surface area contributed by atoms with Crippen molar-refractivity contribution in [2.75, 3.05) is 31.6 Å². The number of methoxy groups -OCH3 is 2. The van der Waals surface area contributed by atoms with E-state index < -0.39 is 0 Å². The van der Waals surface area contributed by atoms with Gasteiger partial charge < -0.3 is 14.8 Å². The average molecular weight is 384 g/mol. The normalized spacial score (nSPS) is 12.0. The van der Waals surface area contributed by atoms with E-state index in [0.29, 0.717) is 29.6 Å². The van der Waals surface area contributed by atoms with Crippen molar-refractivity contribution in [2.24, 2.45) is 0 Å². The lowest BCUT2D eigenvalue weighted by Gasteiger charge is -2.10. The summed E-state index contributed by atoms with van der Waals surface area (Å²) in [6, 6.07) is 3.75. The van der Waals surface area contributed by atoms with Gasteiger partial charge in [-0.25, -0.2) is 9.97 Å². The van der Waals surface area contributed by atoms with Crippen LogP contribution in [-0.2, 0) is 15.9 Å². The molecule has 1 aromatic carbocycles. The maximum Gasteiger partial charge on any atom is 0.223 e. The van der Waals surface area contributed by atoms with Gasteiger partial charge in [-0.2, -0.15) is 0 Å². The molecule has 0 aliphatic rings. The Morgan fingerprint density at radius 3 is 2.68 bits per heavy atom. The van der Waals surface area contributed by atoms with E-state index in [2.05, 4.69) is 34.3 Å². The number of nitrogens with zero attached hydrogens (tertiary/aromatic N) is 2. The number of aromatic nitrogens is 2. The van der Waals surface area contributed by atoms with Gasteiger partial charge in [0, 0.05) is 24.2 Å². The number of hydrogen-bond donors (Lipinski definition) is 3. The van der Waals surface area contributed by atoms with E-state index in [1.54, 1.807) is 38.6 Å². The van der Waals surface area contributed by atoms with Crippen LogP contribution in [0.2, 0.25) is 0 Å². The van der Waals surface area contributed by atoms with Gasteiger partial charge in [-0.1, -0.05) is 19.9 Å². The first-order valence-electron chi connectivity index (χ1n) is 9.21. The first kappa shape index (κ1) is 21.2. The summed E-state index contributed by atoms with van der Waals surface area (Å²) in [7, 11) is 3.16. The number of nitrogens with one attached hydrogen (secondary N) is 2. The zero-order valence-electron chi connectivity index (χ0n) is 16.7. The zero-order valence-corrected chi connectivity index (χ0v) is 16.7. The summed E-state index contributed by atoms with van der Waals surface area (Å²) in [4.78, 5) is 8.89. The fourth-order valence-corrected chi connectivity index (χ4v) is 2.61. The summed E-state index contributed by atoms with van der Waals surface area (Å²) >= 11 is 0. The molecule has 1 heterocycles. The number of rotatable bonds is 11. The van der Waals surface area contributed by atoms with Gasteiger partial charge in [0.1, 0.15) is 11.5 Å². The van der Waals surface area contributed by atoms with E-state index in [4.69, 9.17) is 9.47 Å². The Kier molecular flexibility index (Phi) is 8.30. The lowest BCUT2D eigenvalue weighted by Crippen LogP contribution is -2.05. The molecule has 3 N–H and O–H groups in total. The van der Waals surface area contributed by atoms with E-state index in [1.165, 1.54) is 0 Å². The molecule has 7 heteroatoms. The summed E-state index contributed by atoms with van der Waals surface area (Å²) in [6.07, 6.45) is 9.72. The van der Waals surface area contributed by atoms with Crippen LogP contribution in [0, 0.1) is 0 Å². The fourth-order valence-electron chi connectivity index (χ4n) is 2.61. The molecule has 1 aromatic heterocycles. The van der Waals surface area contributed by atoms with E-state index in [0.717, 1.165) is 35.9 Å². The summed E-state index contributed by atoms with van der Waals surface area (Å²) < 4.78 is 10.6. The average Bonchev–Trinajstić information content (AvgIpc) is 2.73. The smallest absolute Gasteiger partial charge is 0.223 e. The predicted molar refractivity (Wildman–Crippen MR) is 112 cm³/mol. The fraction of sp³-hybridized carbons (Fsp3) is 0.333. The SMILES string of the molecule is C=C/C(=C\C(=C/Cc1cc2cnc(NCCCC)nc2cc1NO)OC)OC. The molecule has 0 fully saturated rings. The quantitative estimate of drug-likeness (QED) is 0.228. The molecule has 0 aliphatic carbocycles. The van der Waals surface area contributed by atoms with Gasteiger partial charge in [0.15, 0.2) is 0 Å². The second-order valence-corrected chi connectivity index (χ2v) is 6.12. The van der Waals surface area contributed by atoms with Crippen LogP contribution in [0.1, 0.15) is 25.3 Å². The zero-order chi connectivity index (χ0) is 20.4. The molecule has 2 rings (SSSR count). The van der Waals surface area contributed by atoms with E-state index in [9.17, 15) is 5.21 Å². The molecule has 0 radical (unpaired) electrons. The van der Waals surface area contributed by atoms with Crippen molar-refractivity contribution in [3.63, 3.8) is 0 Å². The highest BCUT2D eigenvalue weighted by molar-refractivity contribution is 5.84. The van der Waals surface area contributed by atoms with Gasteiger partial charge in [0.25, 0.3) is 0 Å². The van der Waals surface area contributed by atoms with Crippen LogP contribution in [0.5, 0.6) is 0 Å². The van der Waals surface area contributed by atoms with Crippen molar-refractivity contribution in [1.82, 2.24) is 9.97 Å². The van der Waals surface area contributed by atoms with Crippen LogP contribution in [0.15, 0.2) is 54.7 Å². The van der Waals surface area contributed by atoms with Crippen LogP contribution < -0.4 is 10.8 Å². The molecule has 150 valence electrons. The minimum Gasteiger partial charge on any atom is -0.497 e. The Morgan fingerprint density at radius 1 is 1.25 bits per heavy atom. The molecular weight excluding hydrogens is 356 g/mol.